The molecule has 0 amide bonds. The first kappa shape index (κ1) is 16.8. The molecule has 5 nitrogen and oxygen atoms in total. The second-order valence-corrected chi connectivity index (χ2v) is 5.90. The molecule has 0 aliphatic heterocycles. The van der Waals surface area contributed by atoms with Crippen molar-refractivity contribution in [2.75, 3.05) is 32.0 Å². The van der Waals surface area contributed by atoms with E-state index in [-0.39, 0.29) is 19.7 Å². The standard InChI is InChI=1S/C12H18F2N2O3S/c1-3-16(5-6-19-4-2)20(17,18)12-8-11(15)9(13)7-10(12)14/h7-8H,3-6,15H2,1-2H3. The maximum absolute atomic E-state index is 13.7. The van der Waals surface area contributed by atoms with Gasteiger partial charge in [-0.05, 0) is 13.0 Å². The summed E-state index contributed by atoms with van der Waals surface area (Å²) in [6.45, 7) is 4.28. The maximum Gasteiger partial charge on any atom is 0.246 e. The Morgan fingerprint density at radius 3 is 2.45 bits per heavy atom. The number of sulfonamides is 1. The van der Waals surface area contributed by atoms with Crippen molar-refractivity contribution in [2.24, 2.45) is 0 Å². The Bertz CT molecular complexity index is 564. The Morgan fingerprint density at radius 2 is 1.90 bits per heavy atom. The molecule has 0 atom stereocenters. The number of anilines is 1. The minimum absolute atomic E-state index is 0.0867. The second-order valence-electron chi connectivity index (χ2n) is 4.00. The van der Waals surface area contributed by atoms with Gasteiger partial charge in [-0.3, -0.25) is 0 Å². The normalized spacial score (nSPS) is 12.1. The number of benzene rings is 1. The zero-order chi connectivity index (χ0) is 15.3. The Labute approximate surface area is 117 Å². The number of hydrogen-bond donors (Lipinski definition) is 1. The van der Waals surface area contributed by atoms with Crippen LogP contribution in [0.5, 0.6) is 0 Å². The van der Waals surface area contributed by atoms with Crippen LogP contribution in [0.25, 0.3) is 0 Å². The van der Waals surface area contributed by atoms with Crippen LogP contribution in [0.15, 0.2) is 17.0 Å². The van der Waals surface area contributed by atoms with Crippen molar-refractivity contribution in [2.45, 2.75) is 18.7 Å². The summed E-state index contributed by atoms with van der Waals surface area (Å²) in [5, 5.41) is 0. The first-order valence-electron chi connectivity index (χ1n) is 6.17. The molecule has 114 valence electrons. The van der Waals surface area contributed by atoms with Gasteiger partial charge in [0.2, 0.25) is 10.0 Å². The predicted molar refractivity (Wildman–Crippen MR) is 71.7 cm³/mol. The van der Waals surface area contributed by atoms with Crippen molar-refractivity contribution in [3.8, 4) is 0 Å². The Hall–Kier alpha value is -1.25. The van der Waals surface area contributed by atoms with Gasteiger partial charge in [-0.15, -0.1) is 0 Å². The summed E-state index contributed by atoms with van der Waals surface area (Å²) in [4.78, 5) is -0.630. The monoisotopic (exact) mass is 308 g/mol. The van der Waals surface area contributed by atoms with E-state index in [1.807, 2.05) is 0 Å². The lowest BCUT2D eigenvalue weighted by Gasteiger charge is -2.20. The average Bonchev–Trinajstić information content (AvgIpc) is 2.38. The molecule has 2 N–H and O–H groups in total. The van der Waals surface area contributed by atoms with Crippen LogP contribution in [-0.2, 0) is 14.8 Å². The number of nitrogens with zero attached hydrogens (tertiary/aromatic N) is 1. The molecular weight excluding hydrogens is 290 g/mol. The third-order valence-electron chi connectivity index (χ3n) is 2.71. The first-order valence-corrected chi connectivity index (χ1v) is 7.61. The lowest BCUT2D eigenvalue weighted by atomic mass is 10.3. The van der Waals surface area contributed by atoms with Gasteiger partial charge >= 0.3 is 0 Å². The van der Waals surface area contributed by atoms with E-state index in [2.05, 4.69) is 0 Å². The zero-order valence-corrected chi connectivity index (χ0v) is 12.2. The van der Waals surface area contributed by atoms with E-state index in [1.165, 1.54) is 0 Å². The molecule has 0 heterocycles. The van der Waals surface area contributed by atoms with E-state index >= 15 is 0 Å². The van der Waals surface area contributed by atoms with E-state index in [9.17, 15) is 17.2 Å². The second kappa shape index (κ2) is 6.96. The van der Waals surface area contributed by atoms with Gasteiger partial charge in [-0.1, -0.05) is 6.92 Å². The van der Waals surface area contributed by atoms with Gasteiger partial charge in [-0.2, -0.15) is 4.31 Å². The van der Waals surface area contributed by atoms with E-state index in [1.54, 1.807) is 13.8 Å². The molecule has 1 rings (SSSR count). The number of halogens is 2. The molecule has 8 heteroatoms. The lowest BCUT2D eigenvalue weighted by Crippen LogP contribution is -2.34. The fourth-order valence-corrected chi connectivity index (χ4v) is 3.15. The summed E-state index contributed by atoms with van der Waals surface area (Å²) in [6, 6.07) is 1.27. The first-order chi connectivity index (χ1) is 9.34. The number of rotatable bonds is 7. The maximum atomic E-state index is 13.7. The van der Waals surface area contributed by atoms with Crippen molar-refractivity contribution in [1.29, 1.82) is 0 Å². The highest BCUT2D eigenvalue weighted by molar-refractivity contribution is 7.89. The molecule has 0 aliphatic carbocycles. The average molecular weight is 308 g/mol. The van der Waals surface area contributed by atoms with Crippen molar-refractivity contribution in [1.82, 2.24) is 4.31 Å². The molecule has 0 spiro atoms. The molecule has 0 aliphatic rings. The molecule has 0 aromatic heterocycles. The van der Waals surface area contributed by atoms with Gasteiger partial charge in [0.1, 0.15) is 16.5 Å². The summed E-state index contributed by atoms with van der Waals surface area (Å²) in [7, 11) is -4.07. The molecule has 0 bridgehead atoms. The quantitative estimate of drug-likeness (QED) is 0.613. The third-order valence-corrected chi connectivity index (χ3v) is 4.70. The minimum Gasteiger partial charge on any atom is -0.396 e. The molecule has 0 saturated carbocycles. The topological polar surface area (TPSA) is 72.6 Å². The number of ether oxygens (including phenoxy) is 1. The van der Waals surface area contributed by atoms with Crippen molar-refractivity contribution >= 4 is 15.7 Å². The van der Waals surface area contributed by atoms with Gasteiger partial charge in [0.05, 0.1) is 12.3 Å². The SMILES string of the molecule is CCOCCN(CC)S(=O)(=O)c1cc(N)c(F)cc1F. The van der Waals surface area contributed by atoms with Crippen LogP contribution in [0, 0.1) is 11.6 Å². The number of likely N-dealkylation sites (N-methyl/N-ethyl adjacent to an activating group) is 1. The van der Waals surface area contributed by atoms with Crippen LogP contribution in [0.2, 0.25) is 0 Å². The van der Waals surface area contributed by atoms with Gasteiger partial charge in [0.15, 0.2) is 0 Å². The Balaban J connectivity index is 3.11. The van der Waals surface area contributed by atoms with Crippen molar-refractivity contribution < 1.29 is 21.9 Å². The fourth-order valence-electron chi connectivity index (χ4n) is 1.64. The molecule has 0 saturated heterocycles. The Kier molecular flexibility index (Phi) is 5.85. The van der Waals surface area contributed by atoms with Crippen LogP contribution in [-0.4, -0.2) is 39.0 Å². The summed E-state index contributed by atoms with van der Waals surface area (Å²) in [5.41, 5.74) is 4.89. The zero-order valence-electron chi connectivity index (χ0n) is 11.4. The van der Waals surface area contributed by atoms with Crippen LogP contribution in [0.4, 0.5) is 14.5 Å². The van der Waals surface area contributed by atoms with Gasteiger partial charge < -0.3 is 10.5 Å². The van der Waals surface area contributed by atoms with E-state index in [0.29, 0.717) is 12.7 Å². The summed E-state index contributed by atoms with van der Waals surface area (Å²) in [6.07, 6.45) is 0. The molecule has 0 fully saturated rings. The summed E-state index contributed by atoms with van der Waals surface area (Å²) in [5.74, 6) is -2.15. The fraction of sp³-hybridized carbons (Fsp3) is 0.500. The molecule has 0 unspecified atom stereocenters. The largest absolute Gasteiger partial charge is 0.396 e. The predicted octanol–water partition coefficient (Wildman–Crippen LogP) is 1.59. The molecule has 0 radical (unpaired) electrons. The molecule has 1 aromatic rings. The molecular formula is C12H18F2N2O3S. The third kappa shape index (κ3) is 3.65. The highest BCUT2D eigenvalue weighted by atomic mass is 32.2. The summed E-state index contributed by atoms with van der Waals surface area (Å²) >= 11 is 0. The highest BCUT2D eigenvalue weighted by Gasteiger charge is 2.27. The van der Waals surface area contributed by atoms with E-state index < -0.39 is 32.2 Å². The van der Waals surface area contributed by atoms with Crippen LogP contribution < -0.4 is 5.73 Å². The molecule has 1 aromatic carbocycles. The van der Waals surface area contributed by atoms with E-state index in [4.69, 9.17) is 10.5 Å². The van der Waals surface area contributed by atoms with Crippen molar-refractivity contribution in [3.05, 3.63) is 23.8 Å². The van der Waals surface area contributed by atoms with Crippen LogP contribution in [0.1, 0.15) is 13.8 Å². The molecule has 20 heavy (non-hydrogen) atoms. The smallest absolute Gasteiger partial charge is 0.246 e. The minimum atomic E-state index is -4.07. The van der Waals surface area contributed by atoms with Gasteiger partial charge in [-0.25, -0.2) is 17.2 Å². The number of nitrogens with two attached hydrogens (primary N) is 1. The Morgan fingerprint density at radius 1 is 1.25 bits per heavy atom. The van der Waals surface area contributed by atoms with Crippen LogP contribution >= 0.6 is 0 Å². The van der Waals surface area contributed by atoms with Crippen LogP contribution in [0.3, 0.4) is 0 Å². The van der Waals surface area contributed by atoms with Crippen molar-refractivity contribution in [3.63, 3.8) is 0 Å². The summed E-state index contributed by atoms with van der Waals surface area (Å²) < 4.78 is 57.5. The van der Waals surface area contributed by atoms with Gasteiger partial charge in [0.25, 0.3) is 0 Å². The lowest BCUT2D eigenvalue weighted by molar-refractivity contribution is 0.135. The van der Waals surface area contributed by atoms with Gasteiger partial charge in [0, 0.05) is 25.8 Å². The highest BCUT2D eigenvalue weighted by Crippen LogP contribution is 2.23. The number of nitrogen functional groups attached to an aromatic ring is 1. The number of hydrogen-bond acceptors (Lipinski definition) is 4. The van der Waals surface area contributed by atoms with E-state index in [0.717, 1.165) is 10.4 Å².